The smallest absolute Gasteiger partial charge is 0.0696 e. The summed E-state index contributed by atoms with van der Waals surface area (Å²) >= 11 is 3.34. The van der Waals surface area contributed by atoms with Crippen LogP contribution in [0.4, 0.5) is 0 Å². The molecule has 1 atom stereocenters. The third-order valence-corrected chi connectivity index (χ3v) is 3.62. The van der Waals surface area contributed by atoms with Crippen LogP contribution in [0.3, 0.4) is 0 Å². The molecule has 0 aliphatic heterocycles. The van der Waals surface area contributed by atoms with Crippen molar-refractivity contribution in [1.82, 2.24) is 0 Å². The molecule has 0 spiro atoms. The van der Waals surface area contributed by atoms with E-state index < -0.39 is 9.73 Å². The second-order valence-electron chi connectivity index (χ2n) is 2.75. The number of nitrogens with one attached hydrogen (secondary N) is 1. The maximum atomic E-state index is 11.3. The molecule has 1 rings (SSSR count). The Morgan fingerprint density at radius 2 is 2.08 bits per heavy atom. The van der Waals surface area contributed by atoms with Crippen LogP contribution in [-0.2, 0) is 9.73 Å². The van der Waals surface area contributed by atoms with Crippen molar-refractivity contribution in [3.8, 4) is 0 Å². The number of rotatable bonds is 1. The fourth-order valence-electron chi connectivity index (χ4n) is 0.859. The molecule has 0 saturated carbocycles. The summed E-state index contributed by atoms with van der Waals surface area (Å²) in [4.78, 5) is 0.586. The highest BCUT2D eigenvalue weighted by Gasteiger charge is 2.03. The normalized spacial score (nSPS) is 15.6. The van der Waals surface area contributed by atoms with Gasteiger partial charge in [-0.3, -0.25) is 0 Å². The van der Waals surface area contributed by atoms with Gasteiger partial charge in [-0.1, -0.05) is 15.9 Å². The fourth-order valence-corrected chi connectivity index (χ4v) is 1.84. The molecule has 0 aliphatic rings. The molecule has 1 aromatic rings. The summed E-state index contributed by atoms with van der Waals surface area (Å²) in [5, 5.41) is 0. The first-order valence-electron chi connectivity index (χ1n) is 3.41. The highest BCUT2D eigenvalue weighted by atomic mass is 79.9. The van der Waals surface area contributed by atoms with Crippen molar-refractivity contribution in [3.05, 3.63) is 28.2 Å². The van der Waals surface area contributed by atoms with E-state index in [1.54, 1.807) is 12.1 Å². The van der Waals surface area contributed by atoms with Gasteiger partial charge in [0, 0.05) is 15.6 Å². The number of aryl methyl sites for hydroxylation is 1. The molecule has 0 saturated heterocycles. The largest absolute Gasteiger partial charge is 0.249 e. The Morgan fingerprint density at radius 3 is 2.50 bits per heavy atom. The van der Waals surface area contributed by atoms with Gasteiger partial charge in [-0.15, -0.1) is 0 Å². The molecule has 0 heterocycles. The van der Waals surface area contributed by atoms with E-state index in [-0.39, 0.29) is 0 Å². The first-order chi connectivity index (χ1) is 5.41. The Hall–Kier alpha value is -0.350. The van der Waals surface area contributed by atoms with E-state index in [1.807, 2.05) is 13.0 Å². The van der Waals surface area contributed by atoms with E-state index in [1.165, 1.54) is 6.26 Å². The lowest BCUT2D eigenvalue weighted by molar-refractivity contribution is 0.679. The van der Waals surface area contributed by atoms with Crippen LogP contribution in [0.2, 0.25) is 0 Å². The summed E-state index contributed by atoms with van der Waals surface area (Å²) in [7, 11) is -2.56. The molecule has 0 aliphatic carbocycles. The lowest BCUT2D eigenvalue weighted by atomic mass is 10.2. The van der Waals surface area contributed by atoms with E-state index in [0.717, 1.165) is 10.0 Å². The summed E-state index contributed by atoms with van der Waals surface area (Å²) in [6, 6.07) is 5.31. The monoisotopic (exact) mass is 247 g/mol. The van der Waals surface area contributed by atoms with Gasteiger partial charge in [-0.05, 0) is 30.7 Å². The predicted octanol–water partition coefficient (Wildman–Crippen LogP) is 2.79. The van der Waals surface area contributed by atoms with Gasteiger partial charge < -0.3 is 0 Å². The average Bonchev–Trinajstić information content (AvgIpc) is 1.92. The Bertz CT molecular complexity index is 398. The molecule has 2 nitrogen and oxygen atoms in total. The van der Waals surface area contributed by atoms with Gasteiger partial charge in [0.2, 0.25) is 0 Å². The number of halogens is 1. The minimum Gasteiger partial charge on any atom is -0.249 e. The van der Waals surface area contributed by atoms with E-state index in [4.69, 9.17) is 4.78 Å². The summed E-state index contributed by atoms with van der Waals surface area (Å²) < 4.78 is 19.6. The van der Waals surface area contributed by atoms with Crippen LogP contribution >= 0.6 is 15.9 Å². The Kier molecular flexibility index (Phi) is 2.58. The van der Waals surface area contributed by atoms with E-state index in [2.05, 4.69) is 15.9 Å². The molecule has 66 valence electrons. The van der Waals surface area contributed by atoms with Gasteiger partial charge in [-0.25, -0.2) is 8.99 Å². The van der Waals surface area contributed by atoms with Crippen LogP contribution in [-0.4, -0.2) is 10.5 Å². The Balaban J connectivity index is 3.33. The molecular weight excluding hydrogens is 238 g/mol. The third-order valence-electron chi connectivity index (χ3n) is 1.58. The van der Waals surface area contributed by atoms with Crippen molar-refractivity contribution < 1.29 is 4.21 Å². The van der Waals surface area contributed by atoms with Crippen molar-refractivity contribution in [2.75, 3.05) is 6.26 Å². The van der Waals surface area contributed by atoms with E-state index >= 15 is 0 Å². The molecule has 1 aromatic carbocycles. The van der Waals surface area contributed by atoms with Crippen molar-refractivity contribution in [3.63, 3.8) is 0 Å². The second-order valence-corrected chi connectivity index (χ2v) is 5.77. The van der Waals surface area contributed by atoms with Gasteiger partial charge in [-0.2, -0.15) is 0 Å². The standard InChI is InChI=1S/C8H10BrNOS/c1-6-5-7(12(2,10)11)3-4-8(6)9/h3-5,10H,1-2H3. The molecule has 12 heavy (non-hydrogen) atoms. The van der Waals surface area contributed by atoms with E-state index in [9.17, 15) is 4.21 Å². The zero-order chi connectivity index (χ0) is 9.35. The van der Waals surface area contributed by atoms with Gasteiger partial charge in [0.1, 0.15) is 0 Å². The molecule has 1 N–H and O–H groups in total. The average molecular weight is 248 g/mol. The SMILES string of the molecule is Cc1cc(S(C)(=N)=O)ccc1Br. The predicted molar refractivity (Wildman–Crippen MR) is 53.9 cm³/mol. The lowest BCUT2D eigenvalue weighted by Crippen LogP contribution is -1.94. The number of hydrogen-bond donors (Lipinski definition) is 1. The van der Waals surface area contributed by atoms with Crippen molar-refractivity contribution in [2.24, 2.45) is 0 Å². The second kappa shape index (κ2) is 3.18. The molecule has 0 bridgehead atoms. The van der Waals surface area contributed by atoms with Crippen LogP contribution in [0, 0.1) is 11.7 Å². The number of hydrogen-bond acceptors (Lipinski definition) is 2. The molecular formula is C8H10BrNOS. The number of benzene rings is 1. The molecule has 0 radical (unpaired) electrons. The van der Waals surface area contributed by atoms with Gasteiger partial charge in [0.05, 0.1) is 9.73 Å². The fraction of sp³-hybridized carbons (Fsp3) is 0.250. The molecule has 4 heteroatoms. The third kappa shape index (κ3) is 2.08. The van der Waals surface area contributed by atoms with Gasteiger partial charge in [0.15, 0.2) is 0 Å². The first kappa shape index (κ1) is 9.74. The summed E-state index contributed by atoms with van der Waals surface area (Å²) in [5.74, 6) is 0. The summed E-state index contributed by atoms with van der Waals surface area (Å²) in [6.07, 6.45) is 1.43. The van der Waals surface area contributed by atoms with Crippen molar-refractivity contribution in [2.45, 2.75) is 11.8 Å². The maximum absolute atomic E-state index is 11.3. The van der Waals surface area contributed by atoms with E-state index in [0.29, 0.717) is 4.90 Å². The van der Waals surface area contributed by atoms with Gasteiger partial charge in [0.25, 0.3) is 0 Å². The van der Waals surface area contributed by atoms with Crippen LogP contribution in [0.1, 0.15) is 5.56 Å². The van der Waals surface area contributed by atoms with Crippen molar-refractivity contribution >= 4 is 25.7 Å². The minimum atomic E-state index is -2.56. The maximum Gasteiger partial charge on any atom is 0.0696 e. The molecule has 0 fully saturated rings. The molecule has 0 amide bonds. The zero-order valence-corrected chi connectivity index (χ0v) is 9.33. The first-order valence-corrected chi connectivity index (χ1v) is 6.17. The van der Waals surface area contributed by atoms with Crippen LogP contribution in [0.25, 0.3) is 0 Å². The van der Waals surface area contributed by atoms with Crippen LogP contribution < -0.4 is 0 Å². The van der Waals surface area contributed by atoms with Crippen LogP contribution in [0.5, 0.6) is 0 Å². The highest BCUT2D eigenvalue weighted by molar-refractivity contribution is 9.10. The molecule has 1 unspecified atom stereocenters. The summed E-state index contributed by atoms with van der Waals surface area (Å²) in [5.41, 5.74) is 1.01. The highest BCUT2D eigenvalue weighted by Crippen LogP contribution is 2.19. The Morgan fingerprint density at radius 1 is 1.50 bits per heavy atom. The van der Waals surface area contributed by atoms with Crippen molar-refractivity contribution in [1.29, 1.82) is 4.78 Å². The zero-order valence-electron chi connectivity index (χ0n) is 6.93. The Labute approximate surface area is 81.1 Å². The molecule has 0 aromatic heterocycles. The summed E-state index contributed by atoms with van der Waals surface area (Å²) in [6.45, 7) is 1.92. The van der Waals surface area contributed by atoms with Crippen LogP contribution in [0.15, 0.2) is 27.6 Å². The minimum absolute atomic E-state index is 0.586. The quantitative estimate of drug-likeness (QED) is 0.815. The van der Waals surface area contributed by atoms with Gasteiger partial charge >= 0.3 is 0 Å². The topological polar surface area (TPSA) is 40.9 Å². The lowest BCUT2D eigenvalue weighted by Gasteiger charge is -2.03.